The number of hydrogen-bond acceptors (Lipinski definition) is 6. The quantitative estimate of drug-likeness (QED) is 0.193. The van der Waals surface area contributed by atoms with E-state index in [0.29, 0.717) is 64.3 Å². The monoisotopic (exact) mass is 624 g/mol. The normalized spacial score (nSPS) is 14.7. The summed E-state index contributed by atoms with van der Waals surface area (Å²) in [6, 6.07) is 6.41. The minimum atomic E-state index is -4.58. The summed E-state index contributed by atoms with van der Waals surface area (Å²) < 4.78 is 86.3. The maximum Gasteiger partial charge on any atom is 0.451 e. The highest BCUT2D eigenvalue weighted by Gasteiger charge is 2.36. The van der Waals surface area contributed by atoms with Gasteiger partial charge in [-0.15, -0.1) is 0 Å². The predicted octanol–water partition coefficient (Wildman–Crippen LogP) is 7.73. The van der Waals surface area contributed by atoms with Crippen LogP contribution in [-0.2, 0) is 28.3 Å². The zero-order valence-electron chi connectivity index (χ0n) is 25.9. The van der Waals surface area contributed by atoms with Gasteiger partial charge in [-0.2, -0.15) is 31.3 Å². The molecule has 0 atom stereocenters. The lowest BCUT2D eigenvalue weighted by molar-refractivity contribution is -0.145. The number of nitrogens with one attached hydrogen (secondary N) is 1. The van der Waals surface area contributed by atoms with Gasteiger partial charge in [0.15, 0.2) is 0 Å². The summed E-state index contributed by atoms with van der Waals surface area (Å²) in [6.45, 7) is 15.0. The fraction of sp³-hybridized carbons (Fsp3) is 0.633. The Balaban J connectivity index is 0.000000736. The van der Waals surface area contributed by atoms with Crippen molar-refractivity contribution in [2.45, 2.75) is 92.1 Å². The van der Waals surface area contributed by atoms with Crippen LogP contribution in [0.15, 0.2) is 30.3 Å². The van der Waals surface area contributed by atoms with Crippen LogP contribution >= 0.6 is 0 Å². The second-order valence-electron chi connectivity index (χ2n) is 8.53. The molecule has 0 saturated carbocycles. The number of carbonyl (C=O) groups is 1. The zero-order valence-corrected chi connectivity index (χ0v) is 25.9. The molecule has 2 aliphatic heterocycles. The first-order chi connectivity index (χ1) is 20.6. The van der Waals surface area contributed by atoms with Crippen molar-refractivity contribution in [1.29, 1.82) is 0 Å². The van der Waals surface area contributed by atoms with Crippen LogP contribution in [0, 0.1) is 0 Å². The minimum Gasteiger partial charge on any atom is -0.474 e. The van der Waals surface area contributed by atoms with Gasteiger partial charge in [-0.05, 0) is 37.0 Å². The predicted molar refractivity (Wildman–Crippen MR) is 156 cm³/mol. The molecule has 0 unspecified atom stereocenters. The highest BCUT2D eigenvalue weighted by molar-refractivity contribution is 5.46. The number of alkyl halides is 6. The third-order valence-corrected chi connectivity index (χ3v) is 5.75. The van der Waals surface area contributed by atoms with E-state index in [2.05, 4.69) is 15.3 Å². The fourth-order valence-corrected chi connectivity index (χ4v) is 3.81. The topological polar surface area (TPSA) is 76.6 Å². The molecule has 1 N–H and O–H groups in total. The van der Waals surface area contributed by atoms with Crippen molar-refractivity contribution < 1.29 is 40.6 Å². The summed E-state index contributed by atoms with van der Waals surface area (Å²) in [5.41, 5.74) is 0.104. The van der Waals surface area contributed by atoms with E-state index in [1.807, 2.05) is 46.4 Å². The maximum absolute atomic E-state index is 13.0. The highest BCUT2D eigenvalue weighted by Crippen LogP contribution is 2.32. The molecule has 0 radical (unpaired) electrons. The Morgan fingerprint density at radius 1 is 0.907 bits per heavy atom. The maximum atomic E-state index is 13.0. The Hall–Kier alpha value is -3.09. The average molecular weight is 625 g/mol. The van der Waals surface area contributed by atoms with Gasteiger partial charge in [-0.25, -0.2) is 4.98 Å². The number of rotatable bonds is 7. The van der Waals surface area contributed by atoms with Crippen molar-refractivity contribution in [2.24, 2.45) is 0 Å². The van der Waals surface area contributed by atoms with Gasteiger partial charge in [0, 0.05) is 38.5 Å². The van der Waals surface area contributed by atoms with Gasteiger partial charge in [-0.3, -0.25) is 4.79 Å². The van der Waals surface area contributed by atoms with Crippen molar-refractivity contribution in [3.8, 4) is 5.88 Å². The highest BCUT2D eigenvalue weighted by atomic mass is 19.4. The Morgan fingerprint density at radius 2 is 1.47 bits per heavy atom. The van der Waals surface area contributed by atoms with E-state index < -0.39 is 23.7 Å². The Kier molecular flexibility index (Phi) is 20.0. The zero-order chi connectivity index (χ0) is 32.9. The molecule has 0 aliphatic carbocycles. The smallest absolute Gasteiger partial charge is 0.451 e. The van der Waals surface area contributed by atoms with E-state index in [0.717, 1.165) is 30.5 Å². The third kappa shape index (κ3) is 15.3. The fourth-order valence-electron chi connectivity index (χ4n) is 3.81. The number of benzene rings is 1. The summed E-state index contributed by atoms with van der Waals surface area (Å²) >= 11 is 0. The van der Waals surface area contributed by atoms with Crippen LogP contribution in [0.4, 0.5) is 32.2 Å². The first-order valence-electron chi connectivity index (χ1n) is 14.8. The lowest BCUT2D eigenvalue weighted by Gasteiger charge is -2.24. The number of aromatic nitrogens is 2. The lowest BCUT2D eigenvalue weighted by Crippen LogP contribution is -2.27. The standard InChI is InChI=1S/C14H18F3N3O2.C10H10F3NO.3C2H6/c15-14(16,17)13-18-11(20-5-1-2-6-20)9-12(19-13)22-10-3-7-21-8-4-10;11-10(12,13)9-3-1-8(2-4-9)5-6-14-7-15;3*1-2/h9-10H,1-8H2;1-4,7H,5-6H2,(H,14,15);3*1-2H3. The molecular formula is C30H46F6N4O3. The van der Waals surface area contributed by atoms with Crippen molar-refractivity contribution in [1.82, 2.24) is 15.3 Å². The molecule has 3 heterocycles. The summed E-state index contributed by atoms with van der Waals surface area (Å²) in [5.74, 6) is -0.850. The van der Waals surface area contributed by atoms with Gasteiger partial charge in [0.2, 0.25) is 18.1 Å². The molecule has 1 aromatic carbocycles. The third-order valence-electron chi connectivity index (χ3n) is 5.75. The van der Waals surface area contributed by atoms with Crippen molar-refractivity contribution >= 4 is 12.2 Å². The van der Waals surface area contributed by atoms with Gasteiger partial charge >= 0.3 is 12.4 Å². The van der Waals surface area contributed by atoms with Crippen LogP contribution in [0.5, 0.6) is 5.88 Å². The molecule has 0 bridgehead atoms. The van der Waals surface area contributed by atoms with Crippen molar-refractivity contribution in [3.63, 3.8) is 0 Å². The lowest BCUT2D eigenvalue weighted by atomic mass is 10.1. The van der Waals surface area contributed by atoms with E-state index in [1.165, 1.54) is 18.2 Å². The summed E-state index contributed by atoms with van der Waals surface area (Å²) in [5, 5.41) is 2.44. The van der Waals surface area contributed by atoms with Crippen LogP contribution in [0.3, 0.4) is 0 Å². The molecule has 1 aromatic heterocycles. The Morgan fingerprint density at radius 3 is 1.95 bits per heavy atom. The molecule has 2 fully saturated rings. The van der Waals surface area contributed by atoms with Gasteiger partial charge in [0.1, 0.15) is 11.9 Å². The molecule has 0 spiro atoms. The average Bonchev–Trinajstić information content (AvgIpc) is 3.56. The molecule has 246 valence electrons. The first-order valence-corrected chi connectivity index (χ1v) is 14.8. The number of nitrogens with zero attached hydrogens (tertiary/aromatic N) is 3. The van der Waals surface area contributed by atoms with Gasteiger partial charge in [-0.1, -0.05) is 53.7 Å². The molecular weight excluding hydrogens is 578 g/mol. The molecule has 7 nitrogen and oxygen atoms in total. The van der Waals surface area contributed by atoms with E-state index in [4.69, 9.17) is 9.47 Å². The molecule has 43 heavy (non-hydrogen) atoms. The number of carbonyl (C=O) groups excluding carboxylic acids is 1. The number of amides is 1. The molecule has 1 amide bonds. The molecule has 2 aliphatic rings. The van der Waals surface area contributed by atoms with Crippen molar-refractivity contribution in [2.75, 3.05) is 37.7 Å². The van der Waals surface area contributed by atoms with Crippen LogP contribution < -0.4 is 15.0 Å². The second kappa shape index (κ2) is 21.6. The van der Waals surface area contributed by atoms with Crippen LogP contribution in [0.2, 0.25) is 0 Å². The molecule has 2 saturated heterocycles. The summed E-state index contributed by atoms with van der Waals surface area (Å²) in [4.78, 5) is 19.0. The van der Waals surface area contributed by atoms with Gasteiger partial charge in [0.05, 0.1) is 18.8 Å². The largest absolute Gasteiger partial charge is 0.474 e. The Labute approximate surface area is 251 Å². The number of ether oxygens (including phenoxy) is 2. The van der Waals surface area contributed by atoms with Crippen LogP contribution in [0.1, 0.15) is 84.2 Å². The number of halogens is 6. The number of anilines is 1. The van der Waals surface area contributed by atoms with Crippen molar-refractivity contribution in [3.05, 3.63) is 47.3 Å². The summed E-state index contributed by atoms with van der Waals surface area (Å²) in [6.07, 6.45) is -4.71. The van der Waals surface area contributed by atoms with Gasteiger partial charge in [0.25, 0.3) is 0 Å². The molecule has 2 aromatic rings. The minimum absolute atomic E-state index is 0.00359. The van der Waals surface area contributed by atoms with Crippen LogP contribution in [-0.4, -0.2) is 55.3 Å². The Bertz CT molecular complexity index is 993. The van der Waals surface area contributed by atoms with Crippen LogP contribution in [0.25, 0.3) is 0 Å². The van der Waals surface area contributed by atoms with E-state index in [9.17, 15) is 31.1 Å². The molecule has 13 heteroatoms. The van der Waals surface area contributed by atoms with E-state index in [-0.39, 0.29) is 12.0 Å². The summed E-state index contributed by atoms with van der Waals surface area (Å²) in [7, 11) is 0. The SMILES string of the molecule is CC.CC.CC.FC(F)(F)c1nc(OC2CCOCC2)cc(N2CCCC2)n1.O=CNCCc1ccc(C(F)(F)F)cc1. The van der Waals surface area contributed by atoms with Gasteiger partial charge < -0.3 is 19.7 Å². The first kappa shape index (κ1) is 39.9. The van der Waals surface area contributed by atoms with E-state index in [1.54, 1.807) is 0 Å². The van der Waals surface area contributed by atoms with E-state index >= 15 is 0 Å². The molecule has 4 rings (SSSR count). The second-order valence-corrected chi connectivity index (χ2v) is 8.53. The number of hydrogen-bond donors (Lipinski definition) is 1.